The van der Waals surface area contributed by atoms with Crippen LogP contribution < -0.4 is 15.4 Å². The number of ether oxygens (including phenoxy) is 2. The third kappa shape index (κ3) is 6.61. The van der Waals surface area contributed by atoms with E-state index in [0.29, 0.717) is 11.6 Å². The number of thiophene rings is 1. The first kappa shape index (κ1) is 27.9. The van der Waals surface area contributed by atoms with Gasteiger partial charge >= 0.3 is 0 Å². The second-order valence-corrected chi connectivity index (χ2v) is 12.3. The van der Waals surface area contributed by atoms with Gasteiger partial charge in [-0.25, -0.2) is 14.6 Å². The number of amides is 1. The molecule has 0 bridgehead atoms. The second kappa shape index (κ2) is 11.9. The topological polar surface area (TPSA) is 103 Å². The first-order valence-electron chi connectivity index (χ1n) is 14.1. The van der Waals surface area contributed by atoms with Crippen molar-refractivity contribution in [2.45, 2.75) is 51.8 Å². The van der Waals surface area contributed by atoms with Crippen molar-refractivity contribution in [2.24, 2.45) is 0 Å². The second-order valence-electron chi connectivity index (χ2n) is 11.4. The van der Waals surface area contributed by atoms with Crippen molar-refractivity contribution >= 4 is 39.0 Å². The number of nitrogens with zero attached hydrogens (tertiary/aromatic N) is 4. The van der Waals surface area contributed by atoms with Crippen molar-refractivity contribution in [1.82, 2.24) is 25.1 Å². The zero-order valence-corrected chi connectivity index (χ0v) is 24.8. The third-order valence-electron chi connectivity index (χ3n) is 6.81. The molecule has 10 heteroatoms. The van der Waals surface area contributed by atoms with E-state index in [9.17, 15) is 4.79 Å². The van der Waals surface area contributed by atoms with Gasteiger partial charge in [-0.1, -0.05) is 24.3 Å². The summed E-state index contributed by atoms with van der Waals surface area (Å²) < 4.78 is 14.5. The Morgan fingerprint density at radius 3 is 2.71 bits per heavy atom. The Morgan fingerprint density at radius 1 is 1.07 bits per heavy atom. The van der Waals surface area contributed by atoms with E-state index in [0.717, 1.165) is 64.3 Å². The summed E-state index contributed by atoms with van der Waals surface area (Å²) in [7, 11) is 0. The highest BCUT2D eigenvalue weighted by molar-refractivity contribution is 7.17. The van der Waals surface area contributed by atoms with Gasteiger partial charge in [-0.3, -0.25) is 4.79 Å². The highest BCUT2D eigenvalue weighted by atomic mass is 32.1. The molecule has 1 fully saturated rings. The molecule has 1 saturated heterocycles. The first-order chi connectivity index (χ1) is 20.3. The fourth-order valence-electron chi connectivity index (χ4n) is 4.87. The van der Waals surface area contributed by atoms with Gasteiger partial charge in [-0.2, -0.15) is 5.10 Å². The minimum Gasteiger partial charge on any atom is -0.484 e. The highest BCUT2D eigenvalue weighted by Gasteiger charge is 2.18. The zero-order valence-electron chi connectivity index (χ0n) is 24.0. The van der Waals surface area contributed by atoms with Crippen molar-refractivity contribution < 1.29 is 14.3 Å². The molecular formula is C32H34N6O3S. The molecule has 0 spiro atoms. The molecule has 9 nitrogen and oxygen atoms in total. The quantitative estimate of drug-likeness (QED) is 0.204. The van der Waals surface area contributed by atoms with E-state index < -0.39 is 0 Å². The van der Waals surface area contributed by atoms with E-state index in [2.05, 4.69) is 34.1 Å². The van der Waals surface area contributed by atoms with E-state index >= 15 is 0 Å². The van der Waals surface area contributed by atoms with E-state index in [4.69, 9.17) is 19.4 Å². The van der Waals surface area contributed by atoms with Gasteiger partial charge in [-0.15, -0.1) is 11.3 Å². The molecule has 1 atom stereocenters. The number of hydrogen-bond donors (Lipinski definition) is 2. The van der Waals surface area contributed by atoms with E-state index in [-0.39, 0.29) is 24.3 Å². The van der Waals surface area contributed by atoms with Crippen LogP contribution >= 0.6 is 11.3 Å². The van der Waals surface area contributed by atoms with Crippen LogP contribution in [0.3, 0.4) is 0 Å². The minimum atomic E-state index is -0.316. The van der Waals surface area contributed by atoms with Gasteiger partial charge in [0.15, 0.2) is 18.2 Å². The number of aromatic nitrogens is 4. The molecule has 2 N–H and O–H groups in total. The maximum absolute atomic E-state index is 12.2. The van der Waals surface area contributed by atoms with Gasteiger partial charge < -0.3 is 20.1 Å². The molecule has 1 aliphatic rings. The van der Waals surface area contributed by atoms with Gasteiger partial charge in [0.25, 0.3) is 5.91 Å². The van der Waals surface area contributed by atoms with Crippen LogP contribution in [0.15, 0.2) is 72.4 Å². The van der Waals surface area contributed by atoms with Crippen molar-refractivity contribution in [3.8, 4) is 28.3 Å². The molecule has 0 aliphatic carbocycles. The number of benzene rings is 2. The average Bonchev–Trinajstić information content (AvgIpc) is 3.67. The van der Waals surface area contributed by atoms with Crippen LogP contribution in [0.1, 0.15) is 46.3 Å². The molecule has 0 radical (unpaired) electrons. The highest BCUT2D eigenvalue weighted by Crippen LogP contribution is 2.33. The Kier molecular flexibility index (Phi) is 7.90. The maximum atomic E-state index is 12.2. The number of carbonyl (C=O) groups excluding carboxylic acids is 1. The fraction of sp³-hybridized carbons (Fsp3) is 0.312. The van der Waals surface area contributed by atoms with Crippen LogP contribution in [0.2, 0.25) is 0 Å². The standard InChI is InChI=1S/C32H34N6O3S/c1-32(2,3)37-27(39)20-41-25-8-6-7-22(17-25)30-35-26-14-16-42-29(26)31(36-30)34-24-12-10-21(11-13-24)23-18-33-38(19-23)28-9-4-5-15-40-28/h6-8,10-14,16-19,28H,4-5,9,15,20H2,1-3H3,(H,37,39)(H,34,35,36). The summed E-state index contributed by atoms with van der Waals surface area (Å²) in [6.07, 6.45) is 7.24. The number of fused-ring (bicyclic) bond motifs is 1. The van der Waals surface area contributed by atoms with Crippen LogP contribution in [0.5, 0.6) is 5.75 Å². The summed E-state index contributed by atoms with van der Waals surface area (Å²) in [6, 6.07) is 17.7. The smallest absolute Gasteiger partial charge is 0.258 e. The molecule has 42 heavy (non-hydrogen) atoms. The molecule has 5 aromatic rings. The monoisotopic (exact) mass is 582 g/mol. The lowest BCUT2D eigenvalue weighted by molar-refractivity contribution is -0.124. The van der Waals surface area contributed by atoms with Crippen molar-refractivity contribution in [1.29, 1.82) is 0 Å². The molecule has 6 rings (SSSR count). The van der Waals surface area contributed by atoms with Crippen molar-refractivity contribution in [2.75, 3.05) is 18.5 Å². The van der Waals surface area contributed by atoms with Crippen LogP contribution in [0, 0.1) is 0 Å². The Balaban J connectivity index is 1.19. The van der Waals surface area contributed by atoms with Gasteiger partial charge in [0.1, 0.15) is 12.0 Å². The van der Waals surface area contributed by atoms with E-state index in [1.54, 1.807) is 11.3 Å². The number of anilines is 2. The molecular weight excluding hydrogens is 548 g/mol. The Hall–Kier alpha value is -4.28. The van der Waals surface area contributed by atoms with Crippen molar-refractivity contribution in [3.05, 3.63) is 72.4 Å². The van der Waals surface area contributed by atoms with Gasteiger partial charge in [0, 0.05) is 35.2 Å². The van der Waals surface area contributed by atoms with Gasteiger partial charge in [0.05, 0.1) is 16.4 Å². The fourth-order valence-corrected chi connectivity index (χ4v) is 5.64. The van der Waals surface area contributed by atoms with Crippen LogP contribution in [0.4, 0.5) is 11.5 Å². The summed E-state index contributed by atoms with van der Waals surface area (Å²) >= 11 is 1.59. The number of nitrogens with one attached hydrogen (secondary N) is 2. The van der Waals surface area contributed by atoms with Gasteiger partial charge in [0.2, 0.25) is 0 Å². The first-order valence-corrected chi connectivity index (χ1v) is 15.0. The summed E-state index contributed by atoms with van der Waals surface area (Å²) in [5, 5.41) is 13.0. The van der Waals surface area contributed by atoms with Crippen LogP contribution in [0.25, 0.3) is 32.7 Å². The number of carbonyl (C=O) groups is 1. The summed E-state index contributed by atoms with van der Waals surface area (Å²) in [6.45, 7) is 6.53. The minimum absolute atomic E-state index is 0.0221. The predicted octanol–water partition coefficient (Wildman–Crippen LogP) is 6.96. The summed E-state index contributed by atoms with van der Waals surface area (Å²) in [4.78, 5) is 21.9. The molecule has 1 aliphatic heterocycles. The zero-order chi connectivity index (χ0) is 29.1. The maximum Gasteiger partial charge on any atom is 0.258 e. The molecule has 216 valence electrons. The normalized spacial score (nSPS) is 15.5. The number of hydrogen-bond acceptors (Lipinski definition) is 8. The third-order valence-corrected chi connectivity index (χ3v) is 7.72. The molecule has 4 heterocycles. The molecule has 2 aromatic carbocycles. The lowest BCUT2D eigenvalue weighted by atomic mass is 10.1. The lowest BCUT2D eigenvalue weighted by Crippen LogP contribution is -2.43. The Bertz CT molecular complexity index is 1680. The Morgan fingerprint density at radius 2 is 1.93 bits per heavy atom. The summed E-state index contributed by atoms with van der Waals surface area (Å²) in [5.74, 6) is 1.71. The average molecular weight is 583 g/mol. The van der Waals surface area contributed by atoms with Crippen LogP contribution in [-0.2, 0) is 9.53 Å². The largest absolute Gasteiger partial charge is 0.484 e. The van der Waals surface area contributed by atoms with E-state index in [1.165, 1.54) is 0 Å². The molecule has 0 saturated carbocycles. The van der Waals surface area contributed by atoms with Crippen LogP contribution in [-0.4, -0.2) is 44.4 Å². The Labute approximate surface area is 248 Å². The van der Waals surface area contributed by atoms with Crippen molar-refractivity contribution in [3.63, 3.8) is 0 Å². The molecule has 1 unspecified atom stereocenters. The van der Waals surface area contributed by atoms with Gasteiger partial charge in [-0.05, 0) is 81.3 Å². The summed E-state index contributed by atoms with van der Waals surface area (Å²) in [5.41, 5.74) is 4.40. The SMILES string of the molecule is CC(C)(C)NC(=O)COc1cccc(-c2nc(Nc3ccc(-c4cnn(C5CCCCO5)c4)cc3)c3sccc3n2)c1. The molecule has 1 amide bonds. The molecule has 3 aromatic heterocycles. The van der Waals surface area contributed by atoms with E-state index in [1.807, 2.05) is 79.5 Å². The predicted molar refractivity (Wildman–Crippen MR) is 166 cm³/mol. The number of rotatable bonds is 8. The lowest BCUT2D eigenvalue weighted by Gasteiger charge is -2.22.